The maximum atomic E-state index is 12.4. The highest BCUT2D eigenvalue weighted by atomic mass is 32.1. The SMILES string of the molecule is Cc1nn(-c2ccccc2)c(C)c1CC(=O)OCc1csc(-c2ccsc2)n1. The number of carbonyl (C=O) groups excluding carboxylic acids is 1. The van der Waals surface area contributed by atoms with Crippen molar-refractivity contribution >= 4 is 28.6 Å². The number of nitrogens with zero attached hydrogens (tertiary/aromatic N) is 3. The third-order valence-electron chi connectivity index (χ3n) is 4.46. The van der Waals surface area contributed by atoms with Crippen LogP contribution in [0, 0.1) is 13.8 Å². The molecule has 0 aliphatic rings. The van der Waals surface area contributed by atoms with Crippen molar-refractivity contribution < 1.29 is 9.53 Å². The number of thiazole rings is 1. The molecule has 0 spiro atoms. The second-order valence-electron chi connectivity index (χ2n) is 6.39. The lowest BCUT2D eigenvalue weighted by Gasteiger charge is -2.06. The highest BCUT2D eigenvalue weighted by molar-refractivity contribution is 7.14. The Bertz CT molecular complexity index is 1080. The van der Waals surface area contributed by atoms with Crippen LogP contribution in [0.1, 0.15) is 22.6 Å². The van der Waals surface area contributed by atoms with E-state index in [1.165, 1.54) is 0 Å². The molecular formula is C21H19N3O2S2. The number of hydrogen-bond donors (Lipinski definition) is 0. The van der Waals surface area contributed by atoms with E-state index in [9.17, 15) is 4.79 Å². The summed E-state index contributed by atoms with van der Waals surface area (Å²) in [4.78, 5) is 16.9. The van der Waals surface area contributed by atoms with Crippen molar-refractivity contribution in [1.29, 1.82) is 0 Å². The van der Waals surface area contributed by atoms with Crippen molar-refractivity contribution in [2.75, 3.05) is 0 Å². The van der Waals surface area contributed by atoms with Crippen molar-refractivity contribution in [3.05, 3.63) is 75.2 Å². The van der Waals surface area contributed by atoms with Crippen molar-refractivity contribution in [2.24, 2.45) is 0 Å². The van der Waals surface area contributed by atoms with Crippen LogP contribution in [0.2, 0.25) is 0 Å². The molecule has 0 fully saturated rings. The Labute approximate surface area is 171 Å². The molecule has 4 aromatic rings. The number of carbonyl (C=O) groups is 1. The van der Waals surface area contributed by atoms with E-state index in [4.69, 9.17) is 4.74 Å². The Balaban J connectivity index is 1.41. The third-order valence-corrected chi connectivity index (χ3v) is 6.09. The fourth-order valence-corrected chi connectivity index (χ4v) is 4.51. The van der Waals surface area contributed by atoms with Crippen molar-refractivity contribution in [1.82, 2.24) is 14.8 Å². The van der Waals surface area contributed by atoms with Crippen LogP contribution in [0.25, 0.3) is 16.3 Å². The van der Waals surface area contributed by atoms with Crippen LogP contribution in [0.4, 0.5) is 0 Å². The summed E-state index contributed by atoms with van der Waals surface area (Å²) in [5.74, 6) is -0.274. The molecule has 0 aliphatic carbocycles. The number of aromatic nitrogens is 3. The van der Waals surface area contributed by atoms with Gasteiger partial charge in [0.25, 0.3) is 0 Å². The molecule has 3 heterocycles. The van der Waals surface area contributed by atoms with Crippen molar-refractivity contribution in [3.8, 4) is 16.3 Å². The Morgan fingerprint density at radius 1 is 1.14 bits per heavy atom. The maximum absolute atomic E-state index is 12.4. The standard InChI is InChI=1S/C21H19N3O2S2/c1-14-19(15(2)24(23-14)18-6-4-3-5-7-18)10-20(25)26-11-17-13-28-21(22-17)16-8-9-27-12-16/h3-9,12-13H,10-11H2,1-2H3. The third kappa shape index (κ3) is 3.90. The average molecular weight is 410 g/mol. The first-order valence-electron chi connectivity index (χ1n) is 8.85. The van der Waals surface area contributed by atoms with Gasteiger partial charge in [-0.25, -0.2) is 9.67 Å². The molecule has 1 aromatic carbocycles. The fourth-order valence-electron chi connectivity index (χ4n) is 2.99. The summed E-state index contributed by atoms with van der Waals surface area (Å²) >= 11 is 3.20. The lowest BCUT2D eigenvalue weighted by Crippen LogP contribution is -2.09. The van der Waals surface area contributed by atoms with Gasteiger partial charge >= 0.3 is 5.97 Å². The van der Waals surface area contributed by atoms with E-state index in [0.717, 1.165) is 38.9 Å². The van der Waals surface area contributed by atoms with E-state index in [2.05, 4.69) is 15.5 Å². The Morgan fingerprint density at radius 2 is 1.96 bits per heavy atom. The lowest BCUT2D eigenvalue weighted by atomic mass is 10.1. The lowest BCUT2D eigenvalue weighted by molar-refractivity contribution is -0.144. The van der Waals surface area contributed by atoms with Crippen LogP contribution in [0.15, 0.2) is 52.5 Å². The summed E-state index contributed by atoms with van der Waals surface area (Å²) in [6.07, 6.45) is 0.200. The Hall–Kier alpha value is -2.77. The normalized spacial score (nSPS) is 10.9. The number of thiophene rings is 1. The summed E-state index contributed by atoms with van der Waals surface area (Å²) in [6.45, 7) is 4.08. The molecule has 142 valence electrons. The molecule has 0 N–H and O–H groups in total. The first-order valence-corrected chi connectivity index (χ1v) is 10.7. The molecule has 0 saturated heterocycles. The van der Waals surface area contributed by atoms with Gasteiger partial charge in [-0.3, -0.25) is 4.79 Å². The van der Waals surface area contributed by atoms with Crippen LogP contribution < -0.4 is 0 Å². The van der Waals surface area contributed by atoms with E-state index in [-0.39, 0.29) is 19.0 Å². The number of para-hydroxylation sites is 1. The van der Waals surface area contributed by atoms with Crippen molar-refractivity contribution in [3.63, 3.8) is 0 Å². The monoisotopic (exact) mass is 409 g/mol. The zero-order valence-electron chi connectivity index (χ0n) is 15.6. The second-order valence-corrected chi connectivity index (χ2v) is 8.03. The topological polar surface area (TPSA) is 57.0 Å². The minimum Gasteiger partial charge on any atom is -0.459 e. The number of esters is 1. The van der Waals surface area contributed by atoms with Gasteiger partial charge in [0, 0.05) is 27.6 Å². The summed E-state index contributed by atoms with van der Waals surface area (Å²) in [7, 11) is 0. The predicted molar refractivity (Wildman–Crippen MR) is 112 cm³/mol. The smallest absolute Gasteiger partial charge is 0.310 e. The van der Waals surface area contributed by atoms with Gasteiger partial charge < -0.3 is 4.74 Å². The van der Waals surface area contributed by atoms with E-state index < -0.39 is 0 Å². The zero-order chi connectivity index (χ0) is 19.5. The molecule has 7 heteroatoms. The van der Waals surface area contributed by atoms with Gasteiger partial charge in [-0.15, -0.1) is 11.3 Å². The van der Waals surface area contributed by atoms with Crippen LogP contribution in [-0.4, -0.2) is 20.7 Å². The molecule has 0 amide bonds. The number of rotatable bonds is 6. The average Bonchev–Trinajstić information content (AvgIpc) is 3.44. The molecule has 3 aromatic heterocycles. The Morgan fingerprint density at radius 3 is 2.71 bits per heavy atom. The van der Waals surface area contributed by atoms with Crippen LogP contribution >= 0.6 is 22.7 Å². The van der Waals surface area contributed by atoms with E-state index >= 15 is 0 Å². The van der Waals surface area contributed by atoms with Gasteiger partial charge in [0.15, 0.2) is 0 Å². The van der Waals surface area contributed by atoms with Gasteiger partial charge in [-0.05, 0) is 37.4 Å². The fraction of sp³-hybridized carbons (Fsp3) is 0.190. The number of aryl methyl sites for hydroxylation is 1. The highest BCUT2D eigenvalue weighted by Gasteiger charge is 2.17. The van der Waals surface area contributed by atoms with Crippen LogP contribution in [-0.2, 0) is 22.6 Å². The van der Waals surface area contributed by atoms with Gasteiger partial charge in [0.05, 0.1) is 23.5 Å². The van der Waals surface area contributed by atoms with E-state index in [0.29, 0.717) is 0 Å². The van der Waals surface area contributed by atoms with Gasteiger partial charge in [0.2, 0.25) is 0 Å². The van der Waals surface area contributed by atoms with Gasteiger partial charge in [0.1, 0.15) is 11.6 Å². The molecule has 0 saturated carbocycles. The minimum absolute atomic E-state index is 0.185. The summed E-state index contributed by atoms with van der Waals surface area (Å²) < 4.78 is 7.33. The number of hydrogen-bond acceptors (Lipinski definition) is 6. The van der Waals surface area contributed by atoms with Crippen molar-refractivity contribution in [2.45, 2.75) is 26.9 Å². The summed E-state index contributed by atoms with van der Waals surface area (Å²) in [5, 5.41) is 11.5. The molecule has 0 aliphatic heterocycles. The number of benzene rings is 1. The molecule has 5 nitrogen and oxygen atoms in total. The van der Waals surface area contributed by atoms with E-state index in [1.54, 1.807) is 22.7 Å². The molecule has 0 unspecified atom stereocenters. The van der Waals surface area contributed by atoms with E-state index in [1.807, 2.05) is 65.7 Å². The van der Waals surface area contributed by atoms with Gasteiger partial charge in [-0.2, -0.15) is 16.4 Å². The molecule has 0 atom stereocenters. The maximum Gasteiger partial charge on any atom is 0.310 e. The molecular weight excluding hydrogens is 390 g/mol. The second kappa shape index (κ2) is 8.08. The highest BCUT2D eigenvalue weighted by Crippen LogP contribution is 2.26. The largest absolute Gasteiger partial charge is 0.459 e. The first kappa shape index (κ1) is 18.6. The number of ether oxygens (including phenoxy) is 1. The van der Waals surface area contributed by atoms with Gasteiger partial charge in [-0.1, -0.05) is 18.2 Å². The molecule has 28 heavy (non-hydrogen) atoms. The summed E-state index contributed by atoms with van der Waals surface area (Å²) in [5.41, 5.74) is 5.55. The minimum atomic E-state index is -0.274. The Kier molecular flexibility index (Phi) is 5.36. The zero-order valence-corrected chi connectivity index (χ0v) is 17.2. The summed E-state index contributed by atoms with van der Waals surface area (Å²) in [6, 6.07) is 11.9. The predicted octanol–water partition coefficient (Wildman–Crippen LogP) is 4.96. The molecule has 4 rings (SSSR count). The molecule has 0 bridgehead atoms. The quantitative estimate of drug-likeness (QED) is 0.422. The van der Waals surface area contributed by atoms with Crippen LogP contribution in [0.3, 0.4) is 0 Å². The van der Waals surface area contributed by atoms with Crippen LogP contribution in [0.5, 0.6) is 0 Å². The molecule has 0 radical (unpaired) electrons. The first-order chi connectivity index (χ1) is 13.6.